The second-order valence-corrected chi connectivity index (χ2v) is 7.22. The Morgan fingerprint density at radius 2 is 2.07 bits per heavy atom. The van der Waals surface area contributed by atoms with Gasteiger partial charge in [0.15, 0.2) is 5.82 Å². The average molecular weight is 376 g/mol. The van der Waals surface area contributed by atoms with E-state index in [1.807, 2.05) is 55.5 Å². The number of amides is 1. The zero-order chi connectivity index (χ0) is 19.3. The van der Waals surface area contributed by atoms with Gasteiger partial charge >= 0.3 is 0 Å². The second kappa shape index (κ2) is 8.25. The van der Waals surface area contributed by atoms with Gasteiger partial charge in [0, 0.05) is 23.6 Å². The SMILES string of the molecule is Cc1cccc(OCCCC(=O)Nc2cccc(-c3n[nH]c(C4CC4)n3)c2)c1. The number of aromatic nitrogens is 3. The molecule has 3 aromatic rings. The lowest BCUT2D eigenvalue weighted by atomic mass is 10.2. The fourth-order valence-electron chi connectivity index (χ4n) is 3.03. The Kier molecular flexibility index (Phi) is 5.37. The predicted octanol–water partition coefficient (Wildman–Crippen LogP) is 4.46. The fourth-order valence-corrected chi connectivity index (χ4v) is 3.03. The number of aromatic amines is 1. The van der Waals surface area contributed by atoms with Gasteiger partial charge in [-0.2, -0.15) is 5.10 Å². The molecule has 1 saturated carbocycles. The summed E-state index contributed by atoms with van der Waals surface area (Å²) < 4.78 is 5.69. The summed E-state index contributed by atoms with van der Waals surface area (Å²) >= 11 is 0. The summed E-state index contributed by atoms with van der Waals surface area (Å²) in [6, 6.07) is 15.5. The first-order chi connectivity index (χ1) is 13.7. The molecule has 2 N–H and O–H groups in total. The lowest BCUT2D eigenvalue weighted by molar-refractivity contribution is -0.116. The molecule has 0 aliphatic heterocycles. The van der Waals surface area contributed by atoms with Crippen LogP contribution in [-0.4, -0.2) is 27.7 Å². The van der Waals surface area contributed by atoms with Crippen molar-refractivity contribution >= 4 is 11.6 Å². The first kappa shape index (κ1) is 18.2. The molecule has 1 heterocycles. The van der Waals surface area contributed by atoms with Crippen LogP contribution in [0, 0.1) is 6.92 Å². The number of H-pyrrole nitrogens is 1. The number of nitrogens with zero attached hydrogens (tertiary/aromatic N) is 2. The van der Waals surface area contributed by atoms with Gasteiger partial charge in [0.25, 0.3) is 0 Å². The zero-order valence-corrected chi connectivity index (χ0v) is 15.9. The van der Waals surface area contributed by atoms with Gasteiger partial charge in [-0.1, -0.05) is 24.3 Å². The minimum atomic E-state index is -0.0290. The Hall–Kier alpha value is -3.15. The van der Waals surface area contributed by atoms with Crippen molar-refractivity contribution in [1.82, 2.24) is 15.2 Å². The molecular formula is C22H24N4O2. The number of hydrogen-bond acceptors (Lipinski definition) is 4. The summed E-state index contributed by atoms with van der Waals surface area (Å²) in [6.45, 7) is 2.54. The van der Waals surface area contributed by atoms with Crippen molar-refractivity contribution in [3.63, 3.8) is 0 Å². The third-order valence-corrected chi connectivity index (χ3v) is 4.68. The maximum Gasteiger partial charge on any atom is 0.224 e. The van der Waals surface area contributed by atoms with Crippen LogP contribution in [0.15, 0.2) is 48.5 Å². The van der Waals surface area contributed by atoms with E-state index in [-0.39, 0.29) is 5.91 Å². The first-order valence-electron chi connectivity index (χ1n) is 9.69. The van der Waals surface area contributed by atoms with Gasteiger partial charge in [-0.3, -0.25) is 9.89 Å². The summed E-state index contributed by atoms with van der Waals surface area (Å²) in [5.41, 5.74) is 2.80. The molecule has 0 atom stereocenters. The highest BCUT2D eigenvalue weighted by Crippen LogP contribution is 2.38. The topological polar surface area (TPSA) is 79.9 Å². The van der Waals surface area contributed by atoms with Crippen molar-refractivity contribution in [3.8, 4) is 17.1 Å². The third kappa shape index (κ3) is 4.76. The summed E-state index contributed by atoms with van der Waals surface area (Å²) in [5, 5.41) is 10.3. The molecule has 0 unspecified atom stereocenters. The lowest BCUT2D eigenvalue weighted by Gasteiger charge is -2.08. The molecule has 1 amide bonds. The van der Waals surface area contributed by atoms with Gasteiger partial charge in [-0.15, -0.1) is 0 Å². The Morgan fingerprint density at radius 3 is 2.89 bits per heavy atom. The molecule has 0 radical (unpaired) electrons. The number of hydrogen-bond donors (Lipinski definition) is 2. The minimum Gasteiger partial charge on any atom is -0.494 e. The van der Waals surface area contributed by atoms with Gasteiger partial charge < -0.3 is 10.1 Å². The monoisotopic (exact) mass is 376 g/mol. The van der Waals surface area contributed by atoms with Crippen LogP contribution in [0.4, 0.5) is 5.69 Å². The van der Waals surface area contributed by atoms with Crippen LogP contribution >= 0.6 is 0 Å². The Bertz CT molecular complexity index is 962. The number of nitrogens with one attached hydrogen (secondary N) is 2. The maximum atomic E-state index is 12.2. The average Bonchev–Trinajstić information content (AvgIpc) is 3.42. The van der Waals surface area contributed by atoms with Gasteiger partial charge in [0.2, 0.25) is 5.91 Å². The molecule has 0 spiro atoms. The van der Waals surface area contributed by atoms with E-state index in [0.29, 0.717) is 31.2 Å². The predicted molar refractivity (Wildman–Crippen MR) is 108 cm³/mol. The van der Waals surface area contributed by atoms with Crippen LogP contribution < -0.4 is 10.1 Å². The van der Waals surface area contributed by atoms with Crippen LogP contribution in [-0.2, 0) is 4.79 Å². The van der Waals surface area contributed by atoms with Gasteiger partial charge in [0.1, 0.15) is 11.6 Å². The highest BCUT2D eigenvalue weighted by atomic mass is 16.5. The molecule has 0 saturated heterocycles. The van der Waals surface area contributed by atoms with Crippen molar-refractivity contribution in [1.29, 1.82) is 0 Å². The Balaban J connectivity index is 1.27. The van der Waals surface area contributed by atoms with Crippen LogP contribution in [0.5, 0.6) is 5.75 Å². The molecule has 28 heavy (non-hydrogen) atoms. The molecule has 1 aromatic heterocycles. The number of rotatable bonds is 8. The van der Waals surface area contributed by atoms with Gasteiger partial charge in [-0.25, -0.2) is 4.98 Å². The number of ether oxygens (including phenoxy) is 1. The lowest BCUT2D eigenvalue weighted by Crippen LogP contribution is -2.12. The molecule has 0 bridgehead atoms. The molecular weight excluding hydrogens is 352 g/mol. The second-order valence-electron chi connectivity index (χ2n) is 7.22. The van der Waals surface area contributed by atoms with Crippen LogP contribution in [0.3, 0.4) is 0 Å². The van der Waals surface area contributed by atoms with E-state index in [1.165, 1.54) is 12.8 Å². The van der Waals surface area contributed by atoms with E-state index in [2.05, 4.69) is 20.5 Å². The van der Waals surface area contributed by atoms with Crippen LogP contribution in [0.1, 0.15) is 43.0 Å². The highest BCUT2D eigenvalue weighted by molar-refractivity contribution is 5.91. The number of benzene rings is 2. The normalized spacial score (nSPS) is 13.3. The number of carbonyl (C=O) groups is 1. The van der Waals surface area contributed by atoms with E-state index >= 15 is 0 Å². The maximum absolute atomic E-state index is 12.2. The van der Waals surface area contributed by atoms with E-state index in [1.54, 1.807) is 0 Å². The highest BCUT2D eigenvalue weighted by Gasteiger charge is 2.27. The van der Waals surface area contributed by atoms with Crippen molar-refractivity contribution in [3.05, 3.63) is 59.9 Å². The third-order valence-electron chi connectivity index (χ3n) is 4.68. The summed E-state index contributed by atoms with van der Waals surface area (Å²) in [6.07, 6.45) is 3.42. The van der Waals surface area contributed by atoms with Gasteiger partial charge in [-0.05, 0) is 56.0 Å². The van der Waals surface area contributed by atoms with Gasteiger partial charge in [0.05, 0.1) is 6.61 Å². The smallest absolute Gasteiger partial charge is 0.224 e. The summed E-state index contributed by atoms with van der Waals surface area (Å²) in [7, 11) is 0. The van der Waals surface area contributed by atoms with E-state index in [4.69, 9.17) is 4.74 Å². The fraction of sp³-hybridized carbons (Fsp3) is 0.318. The molecule has 2 aromatic carbocycles. The molecule has 1 fully saturated rings. The van der Waals surface area contributed by atoms with Crippen molar-refractivity contribution < 1.29 is 9.53 Å². The molecule has 4 rings (SSSR count). The number of anilines is 1. The van der Waals surface area contributed by atoms with E-state index < -0.39 is 0 Å². The van der Waals surface area contributed by atoms with Crippen LogP contribution in [0.25, 0.3) is 11.4 Å². The minimum absolute atomic E-state index is 0.0290. The van der Waals surface area contributed by atoms with Crippen molar-refractivity contribution in [2.75, 3.05) is 11.9 Å². The summed E-state index contributed by atoms with van der Waals surface area (Å²) in [5.74, 6) is 2.97. The van der Waals surface area contributed by atoms with E-state index in [9.17, 15) is 4.79 Å². The zero-order valence-electron chi connectivity index (χ0n) is 15.9. The quantitative estimate of drug-likeness (QED) is 0.569. The van der Waals surface area contributed by atoms with E-state index in [0.717, 1.165) is 28.4 Å². The largest absolute Gasteiger partial charge is 0.494 e. The van der Waals surface area contributed by atoms with Crippen LogP contribution in [0.2, 0.25) is 0 Å². The first-order valence-corrected chi connectivity index (χ1v) is 9.69. The Morgan fingerprint density at radius 1 is 1.21 bits per heavy atom. The number of aryl methyl sites for hydroxylation is 1. The summed E-state index contributed by atoms with van der Waals surface area (Å²) in [4.78, 5) is 16.8. The Labute approximate surface area is 164 Å². The molecule has 144 valence electrons. The van der Waals surface area contributed by atoms with Crippen molar-refractivity contribution in [2.24, 2.45) is 0 Å². The molecule has 1 aliphatic rings. The number of carbonyl (C=O) groups excluding carboxylic acids is 1. The van der Waals surface area contributed by atoms with Crippen molar-refractivity contribution in [2.45, 2.75) is 38.5 Å². The molecule has 1 aliphatic carbocycles. The molecule has 6 nitrogen and oxygen atoms in total. The molecule has 6 heteroatoms. The standard InChI is InChI=1S/C22H24N4O2/c1-15-5-2-8-19(13-15)28-12-4-9-20(27)23-18-7-3-6-17(14-18)22-24-21(25-26-22)16-10-11-16/h2-3,5-8,13-14,16H,4,9-12H2,1H3,(H,23,27)(H,24,25,26).